The molecule has 1 aliphatic rings. The van der Waals surface area contributed by atoms with Gasteiger partial charge < -0.3 is 5.11 Å². The summed E-state index contributed by atoms with van der Waals surface area (Å²) in [5, 5.41) is 9.73. The maximum Gasteiger partial charge on any atom is 0.233 e. The summed E-state index contributed by atoms with van der Waals surface area (Å²) in [7, 11) is -3.38. The second-order valence-corrected chi connectivity index (χ2v) is 7.18. The molecule has 0 bridgehead atoms. The molecular weight excluding hydrogens is 262 g/mol. The van der Waals surface area contributed by atoms with E-state index in [1.807, 2.05) is 6.92 Å². The predicted octanol–water partition coefficient (Wildman–Crippen LogP) is 3.02. The van der Waals surface area contributed by atoms with Crippen LogP contribution in [0.5, 0.6) is 5.75 Å². The summed E-state index contributed by atoms with van der Waals surface area (Å²) in [4.78, 5) is 0. The number of nitrogens with one attached hydrogen (secondary N) is 1. The number of phenols is 1. The lowest BCUT2D eigenvalue weighted by Gasteiger charge is -2.21. The van der Waals surface area contributed by atoms with E-state index in [4.69, 9.17) is 0 Å². The average Bonchev–Trinajstić information content (AvgIpc) is 2.33. The lowest BCUT2D eigenvalue weighted by molar-refractivity contribution is 0.385. The van der Waals surface area contributed by atoms with Crippen molar-refractivity contribution in [2.45, 2.75) is 39.0 Å². The van der Waals surface area contributed by atoms with Crippen molar-refractivity contribution >= 4 is 15.7 Å². The molecule has 0 unspecified atom stereocenters. The lowest BCUT2D eigenvalue weighted by atomic mass is 9.91. The van der Waals surface area contributed by atoms with Gasteiger partial charge in [0.15, 0.2) is 0 Å². The zero-order valence-electron chi connectivity index (χ0n) is 11.2. The van der Waals surface area contributed by atoms with Crippen LogP contribution in [0.1, 0.15) is 37.7 Å². The third kappa shape index (κ3) is 4.13. The zero-order valence-corrected chi connectivity index (χ0v) is 12.0. The number of hydrogen-bond donors (Lipinski definition) is 2. The molecule has 0 saturated heterocycles. The number of rotatable bonds is 4. The van der Waals surface area contributed by atoms with Gasteiger partial charge in [-0.25, -0.2) is 8.42 Å². The number of aryl methyl sites for hydroxylation is 1. The summed E-state index contributed by atoms with van der Waals surface area (Å²) in [5.41, 5.74) is 1.16. The molecule has 0 amide bonds. The van der Waals surface area contributed by atoms with E-state index in [2.05, 4.69) is 4.72 Å². The van der Waals surface area contributed by atoms with Gasteiger partial charge in [-0.2, -0.15) is 0 Å². The highest BCUT2D eigenvalue weighted by atomic mass is 32.2. The van der Waals surface area contributed by atoms with Crippen molar-refractivity contribution in [1.29, 1.82) is 0 Å². The molecule has 0 spiro atoms. The molecule has 19 heavy (non-hydrogen) atoms. The van der Waals surface area contributed by atoms with Crippen LogP contribution in [0, 0.1) is 12.8 Å². The Morgan fingerprint density at radius 3 is 2.58 bits per heavy atom. The summed E-state index contributed by atoms with van der Waals surface area (Å²) in [5.74, 6) is 0.381. The Kier molecular flexibility index (Phi) is 4.34. The van der Waals surface area contributed by atoms with Gasteiger partial charge in [0.05, 0.1) is 11.4 Å². The van der Waals surface area contributed by atoms with E-state index < -0.39 is 10.0 Å². The minimum atomic E-state index is -3.38. The molecule has 106 valence electrons. The zero-order chi connectivity index (χ0) is 13.9. The Balaban J connectivity index is 2.03. The van der Waals surface area contributed by atoms with Crippen LogP contribution in [0.4, 0.5) is 5.69 Å². The van der Waals surface area contributed by atoms with E-state index in [9.17, 15) is 13.5 Å². The van der Waals surface area contributed by atoms with Crippen LogP contribution in [0.15, 0.2) is 18.2 Å². The first kappa shape index (κ1) is 14.2. The Morgan fingerprint density at radius 1 is 1.26 bits per heavy atom. The van der Waals surface area contributed by atoms with E-state index in [1.165, 1.54) is 6.42 Å². The Labute approximate surface area is 114 Å². The van der Waals surface area contributed by atoms with E-state index in [0.717, 1.165) is 31.2 Å². The van der Waals surface area contributed by atoms with Crippen LogP contribution >= 0.6 is 0 Å². The van der Waals surface area contributed by atoms with Crippen LogP contribution in [0.25, 0.3) is 0 Å². The van der Waals surface area contributed by atoms with Crippen LogP contribution in [0.2, 0.25) is 0 Å². The van der Waals surface area contributed by atoms with Gasteiger partial charge >= 0.3 is 0 Å². The van der Waals surface area contributed by atoms with Crippen molar-refractivity contribution in [3.63, 3.8) is 0 Å². The maximum atomic E-state index is 12.1. The molecule has 1 aromatic rings. The molecular formula is C14H21NO3S. The first-order valence-electron chi connectivity index (χ1n) is 6.76. The van der Waals surface area contributed by atoms with Crippen LogP contribution < -0.4 is 4.72 Å². The number of benzene rings is 1. The maximum absolute atomic E-state index is 12.1. The summed E-state index contributed by atoms with van der Waals surface area (Å²) < 4.78 is 26.6. The molecule has 0 radical (unpaired) electrons. The summed E-state index contributed by atoms with van der Waals surface area (Å²) >= 11 is 0. The number of anilines is 1. The normalized spacial score (nSPS) is 17.3. The van der Waals surface area contributed by atoms with E-state index in [1.54, 1.807) is 18.2 Å². The fraction of sp³-hybridized carbons (Fsp3) is 0.571. The number of sulfonamides is 1. The molecule has 0 atom stereocenters. The molecule has 1 aromatic carbocycles. The van der Waals surface area contributed by atoms with E-state index >= 15 is 0 Å². The van der Waals surface area contributed by atoms with Crippen LogP contribution in [0.3, 0.4) is 0 Å². The largest absolute Gasteiger partial charge is 0.506 e. The SMILES string of the molecule is Cc1ccc(NS(=O)(=O)CC2CCCCC2)c(O)c1. The van der Waals surface area contributed by atoms with Crippen molar-refractivity contribution in [2.24, 2.45) is 5.92 Å². The lowest BCUT2D eigenvalue weighted by Crippen LogP contribution is -2.24. The van der Waals surface area contributed by atoms with Crippen LogP contribution in [-0.4, -0.2) is 19.3 Å². The van der Waals surface area contributed by atoms with Gasteiger partial charge in [-0.05, 0) is 43.4 Å². The predicted molar refractivity (Wildman–Crippen MR) is 76.8 cm³/mol. The third-order valence-electron chi connectivity index (χ3n) is 3.60. The van der Waals surface area contributed by atoms with Crippen LogP contribution in [-0.2, 0) is 10.0 Å². The van der Waals surface area contributed by atoms with Crippen molar-refractivity contribution < 1.29 is 13.5 Å². The first-order chi connectivity index (χ1) is 8.96. The van der Waals surface area contributed by atoms with Gasteiger partial charge in [-0.3, -0.25) is 4.72 Å². The second kappa shape index (κ2) is 5.82. The standard InChI is InChI=1S/C14H21NO3S/c1-11-7-8-13(14(16)9-11)15-19(17,18)10-12-5-3-2-4-6-12/h7-9,12,15-16H,2-6,10H2,1H3. The molecule has 5 heteroatoms. The smallest absolute Gasteiger partial charge is 0.233 e. The number of hydrogen-bond acceptors (Lipinski definition) is 3. The molecule has 0 heterocycles. The van der Waals surface area contributed by atoms with Gasteiger partial charge in [0.2, 0.25) is 10.0 Å². The average molecular weight is 283 g/mol. The molecule has 2 rings (SSSR count). The highest BCUT2D eigenvalue weighted by Crippen LogP contribution is 2.28. The monoisotopic (exact) mass is 283 g/mol. The van der Waals surface area contributed by atoms with Gasteiger partial charge in [-0.1, -0.05) is 25.3 Å². The highest BCUT2D eigenvalue weighted by molar-refractivity contribution is 7.92. The highest BCUT2D eigenvalue weighted by Gasteiger charge is 2.22. The molecule has 0 aromatic heterocycles. The topological polar surface area (TPSA) is 66.4 Å². The van der Waals surface area contributed by atoms with Crippen molar-refractivity contribution in [3.05, 3.63) is 23.8 Å². The van der Waals surface area contributed by atoms with Crippen molar-refractivity contribution in [2.75, 3.05) is 10.5 Å². The van der Waals surface area contributed by atoms with Gasteiger partial charge in [0.1, 0.15) is 5.75 Å². The third-order valence-corrected chi connectivity index (χ3v) is 5.04. The Morgan fingerprint density at radius 2 is 1.95 bits per heavy atom. The van der Waals surface area contributed by atoms with E-state index in [-0.39, 0.29) is 23.1 Å². The number of aromatic hydroxyl groups is 1. The quantitative estimate of drug-likeness (QED) is 0.835. The fourth-order valence-electron chi connectivity index (χ4n) is 2.60. The summed E-state index contributed by atoms with van der Waals surface area (Å²) in [6.07, 6.45) is 5.43. The van der Waals surface area contributed by atoms with E-state index in [0.29, 0.717) is 0 Å². The van der Waals surface area contributed by atoms with Gasteiger partial charge in [0.25, 0.3) is 0 Å². The minimum absolute atomic E-state index is 0.0211. The van der Waals surface area contributed by atoms with Gasteiger partial charge in [-0.15, -0.1) is 0 Å². The van der Waals surface area contributed by atoms with Crippen molar-refractivity contribution in [1.82, 2.24) is 0 Å². The molecule has 1 fully saturated rings. The second-order valence-electron chi connectivity index (χ2n) is 5.41. The molecule has 4 nitrogen and oxygen atoms in total. The number of phenolic OH excluding ortho intramolecular Hbond substituents is 1. The first-order valence-corrected chi connectivity index (χ1v) is 8.41. The summed E-state index contributed by atoms with van der Waals surface area (Å²) in [6.45, 7) is 1.85. The molecule has 2 N–H and O–H groups in total. The minimum Gasteiger partial charge on any atom is -0.506 e. The molecule has 1 saturated carbocycles. The molecule has 0 aliphatic heterocycles. The Bertz CT molecular complexity index is 534. The Hall–Kier alpha value is -1.23. The summed E-state index contributed by atoms with van der Waals surface area (Å²) in [6, 6.07) is 4.93. The van der Waals surface area contributed by atoms with Crippen molar-refractivity contribution in [3.8, 4) is 5.75 Å². The molecule has 1 aliphatic carbocycles. The van der Waals surface area contributed by atoms with Gasteiger partial charge in [0, 0.05) is 0 Å². The fourth-order valence-corrected chi connectivity index (χ4v) is 4.15.